The minimum absolute atomic E-state index is 0.151. The van der Waals surface area contributed by atoms with E-state index in [4.69, 9.17) is 4.74 Å². The molecule has 1 aliphatic heterocycles. The van der Waals surface area contributed by atoms with Crippen LogP contribution in [0.1, 0.15) is 18.4 Å². The van der Waals surface area contributed by atoms with Crippen LogP contribution in [-0.4, -0.2) is 57.5 Å². The number of aryl methyl sites for hydroxylation is 1. The quantitative estimate of drug-likeness (QED) is 0.730. The topological polar surface area (TPSA) is 105 Å². The van der Waals surface area contributed by atoms with Crippen LogP contribution in [0, 0.1) is 12.8 Å². The third kappa shape index (κ3) is 5.43. The highest BCUT2D eigenvalue weighted by atomic mass is 32.2. The molecule has 0 atom stereocenters. The summed E-state index contributed by atoms with van der Waals surface area (Å²) < 4.78 is 29.6. The number of hydrogen-bond acceptors (Lipinski definition) is 5. The second kappa shape index (κ2) is 8.50. The number of ether oxygens (including phenoxy) is 1. The Bertz CT molecular complexity index is 771. The Morgan fingerprint density at radius 1 is 1.23 bits per heavy atom. The molecule has 0 unspecified atom stereocenters. The van der Waals surface area contributed by atoms with Crippen molar-refractivity contribution in [2.75, 3.05) is 38.3 Å². The molecule has 1 aromatic rings. The zero-order chi connectivity index (χ0) is 19.3. The number of nitrogens with zero attached hydrogens (tertiary/aromatic N) is 1. The number of carbonyl (C=O) groups excluding carboxylic acids is 2. The predicted octanol–water partition coefficient (Wildman–Crippen LogP) is 0.730. The number of piperidine rings is 1. The Hall–Kier alpha value is -2.13. The Kier molecular flexibility index (Phi) is 6.60. The largest absolute Gasteiger partial charge is 0.495 e. The molecule has 26 heavy (non-hydrogen) atoms. The molecule has 1 fully saturated rings. The van der Waals surface area contributed by atoms with E-state index in [0.717, 1.165) is 5.56 Å². The third-order valence-corrected chi connectivity index (χ3v) is 5.71. The molecule has 0 saturated carbocycles. The maximum absolute atomic E-state index is 12.1. The zero-order valence-corrected chi connectivity index (χ0v) is 16.1. The molecule has 8 nitrogen and oxygen atoms in total. The van der Waals surface area contributed by atoms with Crippen LogP contribution in [0.25, 0.3) is 0 Å². The van der Waals surface area contributed by atoms with Gasteiger partial charge in [-0.3, -0.25) is 9.59 Å². The minimum atomic E-state index is -3.17. The second-order valence-corrected chi connectivity index (χ2v) is 8.46. The van der Waals surface area contributed by atoms with Gasteiger partial charge in [0.2, 0.25) is 10.0 Å². The molecular weight excluding hydrogens is 358 g/mol. The molecule has 0 radical (unpaired) electrons. The molecule has 2 amide bonds. The lowest BCUT2D eigenvalue weighted by molar-refractivity contribution is -0.136. The van der Waals surface area contributed by atoms with Crippen molar-refractivity contribution in [2.45, 2.75) is 19.8 Å². The fourth-order valence-corrected chi connectivity index (χ4v) is 3.74. The van der Waals surface area contributed by atoms with Gasteiger partial charge in [0, 0.05) is 19.6 Å². The molecule has 1 heterocycles. The minimum Gasteiger partial charge on any atom is -0.495 e. The van der Waals surface area contributed by atoms with Crippen LogP contribution in [0.2, 0.25) is 0 Å². The van der Waals surface area contributed by atoms with E-state index in [0.29, 0.717) is 43.9 Å². The van der Waals surface area contributed by atoms with E-state index >= 15 is 0 Å². The third-order valence-electron chi connectivity index (χ3n) is 4.40. The van der Waals surface area contributed by atoms with Gasteiger partial charge < -0.3 is 15.4 Å². The number of rotatable bonds is 5. The van der Waals surface area contributed by atoms with Crippen molar-refractivity contribution in [3.05, 3.63) is 23.8 Å². The van der Waals surface area contributed by atoms with Gasteiger partial charge in [-0.1, -0.05) is 6.07 Å². The van der Waals surface area contributed by atoms with Gasteiger partial charge in [0.1, 0.15) is 5.75 Å². The standard InChI is InChI=1S/C17H25N3O5S/c1-12-4-5-15(25-2)14(10-12)19-17(22)16(21)18-11-13-6-8-20(9-7-13)26(3,23)24/h4-5,10,13H,6-9,11H2,1-3H3,(H,18,21)(H,19,22). The van der Waals surface area contributed by atoms with Gasteiger partial charge in [0.15, 0.2) is 0 Å². The Morgan fingerprint density at radius 3 is 2.46 bits per heavy atom. The second-order valence-electron chi connectivity index (χ2n) is 6.47. The number of amides is 2. The normalized spacial score (nSPS) is 16.1. The SMILES string of the molecule is COc1ccc(C)cc1NC(=O)C(=O)NCC1CCN(S(C)(=O)=O)CC1. The Labute approximate surface area is 153 Å². The van der Waals surface area contributed by atoms with Crippen molar-refractivity contribution in [2.24, 2.45) is 5.92 Å². The number of methoxy groups -OCH3 is 1. The summed E-state index contributed by atoms with van der Waals surface area (Å²) in [6, 6.07) is 5.29. The average molecular weight is 383 g/mol. The fraction of sp³-hybridized carbons (Fsp3) is 0.529. The summed E-state index contributed by atoms with van der Waals surface area (Å²) >= 11 is 0. The molecule has 1 aromatic carbocycles. The van der Waals surface area contributed by atoms with Crippen molar-refractivity contribution in [1.82, 2.24) is 9.62 Å². The van der Waals surface area contributed by atoms with E-state index in [1.165, 1.54) is 17.7 Å². The first-order valence-electron chi connectivity index (χ1n) is 8.39. The van der Waals surface area contributed by atoms with Crippen LogP contribution < -0.4 is 15.4 Å². The van der Waals surface area contributed by atoms with Gasteiger partial charge in [-0.15, -0.1) is 0 Å². The summed E-state index contributed by atoms with van der Waals surface area (Å²) in [5.41, 5.74) is 1.37. The van der Waals surface area contributed by atoms with Crippen molar-refractivity contribution < 1.29 is 22.7 Å². The molecule has 0 aliphatic carbocycles. The summed E-state index contributed by atoms with van der Waals surface area (Å²) in [7, 11) is -1.68. The van der Waals surface area contributed by atoms with Crippen LogP contribution in [0.4, 0.5) is 5.69 Å². The molecule has 0 bridgehead atoms. The number of benzene rings is 1. The number of anilines is 1. The zero-order valence-electron chi connectivity index (χ0n) is 15.2. The van der Waals surface area contributed by atoms with E-state index in [1.807, 2.05) is 13.0 Å². The lowest BCUT2D eigenvalue weighted by Crippen LogP contribution is -2.43. The Morgan fingerprint density at radius 2 is 1.88 bits per heavy atom. The van der Waals surface area contributed by atoms with E-state index in [-0.39, 0.29) is 5.92 Å². The molecule has 2 rings (SSSR count). The van der Waals surface area contributed by atoms with Crippen molar-refractivity contribution >= 4 is 27.5 Å². The maximum Gasteiger partial charge on any atom is 0.313 e. The van der Waals surface area contributed by atoms with Crippen LogP contribution in [0.5, 0.6) is 5.75 Å². The lowest BCUT2D eigenvalue weighted by atomic mass is 9.98. The molecule has 0 spiro atoms. The monoisotopic (exact) mass is 383 g/mol. The van der Waals surface area contributed by atoms with E-state index in [2.05, 4.69) is 10.6 Å². The van der Waals surface area contributed by atoms with Crippen molar-refractivity contribution in [1.29, 1.82) is 0 Å². The molecule has 0 aromatic heterocycles. The van der Waals surface area contributed by atoms with Gasteiger partial charge in [0.05, 0.1) is 19.1 Å². The molecule has 2 N–H and O–H groups in total. The fourth-order valence-electron chi connectivity index (χ4n) is 2.86. The summed E-state index contributed by atoms with van der Waals surface area (Å²) in [6.07, 6.45) is 2.50. The van der Waals surface area contributed by atoms with Crippen LogP contribution in [0.3, 0.4) is 0 Å². The highest BCUT2D eigenvalue weighted by molar-refractivity contribution is 7.88. The van der Waals surface area contributed by atoms with E-state index in [1.54, 1.807) is 12.1 Å². The van der Waals surface area contributed by atoms with E-state index < -0.39 is 21.8 Å². The van der Waals surface area contributed by atoms with Gasteiger partial charge in [0.25, 0.3) is 0 Å². The summed E-state index contributed by atoms with van der Waals surface area (Å²) in [6.45, 7) is 3.09. The van der Waals surface area contributed by atoms with Crippen molar-refractivity contribution in [3.8, 4) is 5.75 Å². The summed E-state index contributed by atoms with van der Waals surface area (Å²) in [5, 5.41) is 5.17. The first kappa shape index (κ1) is 20.2. The lowest BCUT2D eigenvalue weighted by Gasteiger charge is -2.30. The average Bonchev–Trinajstić information content (AvgIpc) is 2.59. The van der Waals surface area contributed by atoms with Gasteiger partial charge >= 0.3 is 11.8 Å². The number of hydrogen-bond donors (Lipinski definition) is 2. The summed E-state index contributed by atoms with van der Waals surface area (Å²) in [5.74, 6) is -0.857. The van der Waals surface area contributed by atoms with Gasteiger partial charge in [-0.2, -0.15) is 0 Å². The van der Waals surface area contributed by atoms with Crippen molar-refractivity contribution in [3.63, 3.8) is 0 Å². The summed E-state index contributed by atoms with van der Waals surface area (Å²) in [4.78, 5) is 24.1. The Balaban J connectivity index is 1.83. The maximum atomic E-state index is 12.1. The van der Waals surface area contributed by atoms with Crippen LogP contribution in [-0.2, 0) is 19.6 Å². The van der Waals surface area contributed by atoms with E-state index in [9.17, 15) is 18.0 Å². The highest BCUT2D eigenvalue weighted by Gasteiger charge is 2.25. The number of sulfonamides is 1. The van der Waals surface area contributed by atoms with Gasteiger partial charge in [-0.05, 0) is 43.4 Å². The smallest absolute Gasteiger partial charge is 0.313 e. The van der Waals surface area contributed by atoms with Gasteiger partial charge in [-0.25, -0.2) is 12.7 Å². The number of carbonyl (C=O) groups is 2. The highest BCUT2D eigenvalue weighted by Crippen LogP contribution is 2.25. The molecule has 9 heteroatoms. The predicted molar refractivity (Wildman–Crippen MR) is 98.5 cm³/mol. The van der Waals surface area contributed by atoms with Crippen LogP contribution in [0.15, 0.2) is 18.2 Å². The molecular formula is C17H25N3O5S. The first-order chi connectivity index (χ1) is 12.2. The van der Waals surface area contributed by atoms with Crippen LogP contribution >= 0.6 is 0 Å². The molecule has 144 valence electrons. The number of nitrogens with one attached hydrogen (secondary N) is 2. The molecule has 1 aliphatic rings. The molecule has 1 saturated heterocycles. The first-order valence-corrected chi connectivity index (χ1v) is 10.2.